The molecule has 0 radical (unpaired) electrons. The summed E-state index contributed by atoms with van der Waals surface area (Å²) in [7, 11) is -3.82. The van der Waals surface area contributed by atoms with Gasteiger partial charge in [0.1, 0.15) is 5.82 Å². The molecule has 1 atom stereocenters. The lowest BCUT2D eigenvalue weighted by atomic mass is 10.1. The molecule has 8 heteroatoms. The Morgan fingerprint density at radius 3 is 2.68 bits per heavy atom. The molecule has 0 fully saturated rings. The van der Waals surface area contributed by atoms with E-state index >= 15 is 0 Å². The molecule has 1 aromatic carbocycles. The average Bonchev–Trinajstić information content (AvgIpc) is 2.30. The first-order valence-corrected chi connectivity index (χ1v) is 8.59. The van der Waals surface area contributed by atoms with Crippen molar-refractivity contribution in [1.82, 2.24) is 4.72 Å². The Morgan fingerprint density at radius 2 is 2.16 bits per heavy atom. The fourth-order valence-corrected chi connectivity index (χ4v) is 3.50. The molecule has 0 bridgehead atoms. The van der Waals surface area contributed by atoms with Gasteiger partial charge in [-0.2, -0.15) is 11.8 Å². The van der Waals surface area contributed by atoms with Crippen molar-refractivity contribution < 1.29 is 17.9 Å². The molecule has 0 amide bonds. The smallest absolute Gasteiger partial charge is 0.240 e. The minimum Gasteiger partial charge on any atom is -0.388 e. The number of hydrogen-bond acceptors (Lipinski definition) is 4. The monoisotopic (exact) mass is 327 g/mol. The van der Waals surface area contributed by atoms with Crippen LogP contribution in [0.5, 0.6) is 0 Å². The van der Waals surface area contributed by atoms with Gasteiger partial charge in [-0.05, 0) is 31.4 Å². The molecule has 0 spiro atoms. The molecule has 0 aromatic heterocycles. The van der Waals surface area contributed by atoms with E-state index in [1.54, 1.807) is 0 Å². The van der Waals surface area contributed by atoms with Crippen molar-refractivity contribution in [3.05, 3.63) is 29.0 Å². The topological polar surface area (TPSA) is 66.4 Å². The molecule has 4 nitrogen and oxygen atoms in total. The number of nitrogens with one attached hydrogen (secondary N) is 1. The van der Waals surface area contributed by atoms with Gasteiger partial charge < -0.3 is 5.11 Å². The van der Waals surface area contributed by atoms with Crippen molar-refractivity contribution in [2.75, 3.05) is 18.6 Å². The molecule has 0 aliphatic carbocycles. The van der Waals surface area contributed by atoms with E-state index in [4.69, 9.17) is 11.6 Å². The highest BCUT2D eigenvalue weighted by atomic mass is 35.5. The predicted octanol–water partition coefficient (Wildman–Crippen LogP) is 1.87. The van der Waals surface area contributed by atoms with E-state index in [-0.39, 0.29) is 16.5 Å². The zero-order valence-corrected chi connectivity index (χ0v) is 12.9. The molecular formula is C11H15ClFNO3S2. The van der Waals surface area contributed by atoms with Crippen LogP contribution in [0.25, 0.3) is 0 Å². The number of hydrogen-bond donors (Lipinski definition) is 2. The van der Waals surface area contributed by atoms with Crippen LogP contribution in [-0.2, 0) is 10.0 Å². The van der Waals surface area contributed by atoms with Gasteiger partial charge in [-0.1, -0.05) is 11.6 Å². The Morgan fingerprint density at radius 1 is 1.53 bits per heavy atom. The van der Waals surface area contributed by atoms with Crippen LogP contribution in [0, 0.1) is 5.82 Å². The standard InChI is InChI=1S/C11H15ClFNO3S2/c1-11(15,7-18-2)6-14-19(16,17)8-3-4-10(13)9(12)5-8/h3-5,14-15H,6-7H2,1-2H3. The first-order valence-electron chi connectivity index (χ1n) is 5.34. The molecule has 108 valence electrons. The SMILES string of the molecule is CSCC(C)(O)CNS(=O)(=O)c1ccc(F)c(Cl)c1. The molecule has 0 saturated carbocycles. The highest BCUT2D eigenvalue weighted by Crippen LogP contribution is 2.19. The number of aliphatic hydroxyl groups is 1. The summed E-state index contributed by atoms with van der Waals surface area (Å²) in [6, 6.07) is 3.13. The number of halogens is 2. The summed E-state index contributed by atoms with van der Waals surface area (Å²) in [4.78, 5) is -0.140. The van der Waals surface area contributed by atoms with Crippen LogP contribution in [0.4, 0.5) is 4.39 Å². The van der Waals surface area contributed by atoms with Crippen LogP contribution in [-0.4, -0.2) is 37.7 Å². The molecule has 0 aliphatic heterocycles. The van der Waals surface area contributed by atoms with E-state index in [0.29, 0.717) is 5.75 Å². The van der Waals surface area contributed by atoms with Crippen molar-refractivity contribution in [3.63, 3.8) is 0 Å². The summed E-state index contributed by atoms with van der Waals surface area (Å²) in [6.07, 6.45) is 1.81. The fourth-order valence-electron chi connectivity index (χ4n) is 1.34. The predicted molar refractivity (Wildman–Crippen MR) is 75.6 cm³/mol. The normalized spacial score (nSPS) is 15.2. The first kappa shape index (κ1) is 16.7. The number of thioether (sulfide) groups is 1. The van der Waals surface area contributed by atoms with Crippen molar-refractivity contribution in [2.45, 2.75) is 17.4 Å². The third kappa shape index (κ3) is 4.92. The second-order valence-electron chi connectivity index (χ2n) is 4.33. The van der Waals surface area contributed by atoms with Crippen LogP contribution in [0.1, 0.15) is 6.92 Å². The fraction of sp³-hybridized carbons (Fsp3) is 0.455. The van der Waals surface area contributed by atoms with Crippen LogP contribution in [0.3, 0.4) is 0 Å². The highest BCUT2D eigenvalue weighted by Gasteiger charge is 2.24. The quantitative estimate of drug-likeness (QED) is 0.837. The number of benzene rings is 1. The maximum atomic E-state index is 13.0. The zero-order valence-electron chi connectivity index (χ0n) is 10.5. The van der Waals surface area contributed by atoms with Gasteiger partial charge in [0.2, 0.25) is 10.0 Å². The van der Waals surface area contributed by atoms with Crippen LogP contribution < -0.4 is 4.72 Å². The maximum absolute atomic E-state index is 13.0. The van der Waals surface area contributed by atoms with E-state index < -0.39 is 21.4 Å². The maximum Gasteiger partial charge on any atom is 0.240 e. The highest BCUT2D eigenvalue weighted by molar-refractivity contribution is 7.98. The summed E-state index contributed by atoms with van der Waals surface area (Å²) in [5.74, 6) is -0.297. The van der Waals surface area contributed by atoms with Gasteiger partial charge in [0.25, 0.3) is 0 Å². The van der Waals surface area contributed by atoms with E-state index in [0.717, 1.165) is 18.2 Å². The Labute approximate surface area is 121 Å². The minimum atomic E-state index is -3.82. The second kappa shape index (κ2) is 6.41. The molecular weight excluding hydrogens is 313 g/mol. The second-order valence-corrected chi connectivity index (χ2v) is 7.37. The molecule has 1 unspecified atom stereocenters. The molecule has 2 N–H and O–H groups in total. The summed E-state index contributed by atoms with van der Waals surface area (Å²) in [5.41, 5.74) is -1.16. The van der Waals surface area contributed by atoms with Gasteiger partial charge in [0, 0.05) is 12.3 Å². The van der Waals surface area contributed by atoms with Crippen molar-refractivity contribution in [3.8, 4) is 0 Å². The number of rotatable bonds is 6. The van der Waals surface area contributed by atoms with E-state index in [1.807, 2.05) is 6.26 Å². The molecule has 0 aliphatic rings. The van der Waals surface area contributed by atoms with Crippen LogP contribution in [0.15, 0.2) is 23.1 Å². The van der Waals surface area contributed by atoms with Crippen molar-refractivity contribution in [2.24, 2.45) is 0 Å². The van der Waals surface area contributed by atoms with Gasteiger partial charge in [0.05, 0.1) is 15.5 Å². The average molecular weight is 328 g/mol. The van der Waals surface area contributed by atoms with Crippen molar-refractivity contribution in [1.29, 1.82) is 0 Å². The van der Waals surface area contributed by atoms with E-state index in [2.05, 4.69) is 4.72 Å². The molecule has 1 rings (SSSR count). The lowest BCUT2D eigenvalue weighted by molar-refractivity contribution is 0.0908. The van der Waals surface area contributed by atoms with Gasteiger partial charge in [-0.15, -0.1) is 0 Å². The Hall–Kier alpha value is -0.340. The summed E-state index contributed by atoms with van der Waals surface area (Å²) in [6.45, 7) is 1.40. The number of sulfonamides is 1. The van der Waals surface area contributed by atoms with Crippen LogP contribution >= 0.6 is 23.4 Å². The molecule has 0 saturated heterocycles. The van der Waals surface area contributed by atoms with E-state index in [1.165, 1.54) is 18.7 Å². The van der Waals surface area contributed by atoms with Gasteiger partial charge in [-0.25, -0.2) is 17.5 Å². The largest absolute Gasteiger partial charge is 0.388 e. The minimum absolute atomic E-state index is 0.134. The Bertz CT molecular complexity index is 549. The Kier molecular flexibility index (Phi) is 5.64. The molecule has 19 heavy (non-hydrogen) atoms. The van der Waals surface area contributed by atoms with Gasteiger partial charge in [-0.3, -0.25) is 0 Å². The molecule has 1 aromatic rings. The van der Waals surface area contributed by atoms with Gasteiger partial charge >= 0.3 is 0 Å². The van der Waals surface area contributed by atoms with Crippen LogP contribution in [0.2, 0.25) is 5.02 Å². The van der Waals surface area contributed by atoms with E-state index in [9.17, 15) is 17.9 Å². The van der Waals surface area contributed by atoms with Gasteiger partial charge in [0.15, 0.2) is 0 Å². The molecule has 0 heterocycles. The lowest BCUT2D eigenvalue weighted by Crippen LogP contribution is -2.42. The summed E-state index contributed by atoms with van der Waals surface area (Å²) in [5, 5.41) is 9.62. The van der Waals surface area contributed by atoms with Crippen molar-refractivity contribution >= 4 is 33.4 Å². The third-order valence-corrected chi connectivity index (χ3v) is 4.90. The summed E-state index contributed by atoms with van der Waals surface area (Å²) < 4.78 is 39.1. The third-order valence-electron chi connectivity index (χ3n) is 2.30. The Balaban J connectivity index is 2.84. The summed E-state index contributed by atoms with van der Waals surface area (Å²) >= 11 is 6.94. The zero-order chi connectivity index (χ0) is 14.7. The first-order chi connectivity index (χ1) is 8.68. The lowest BCUT2D eigenvalue weighted by Gasteiger charge is -2.22.